The van der Waals surface area contributed by atoms with Gasteiger partial charge < -0.3 is 4.90 Å². The van der Waals surface area contributed by atoms with Gasteiger partial charge >= 0.3 is 0 Å². The van der Waals surface area contributed by atoms with Crippen molar-refractivity contribution >= 4 is 0 Å². The summed E-state index contributed by atoms with van der Waals surface area (Å²) in [5.74, 6) is 1.95. The van der Waals surface area contributed by atoms with Gasteiger partial charge in [0.2, 0.25) is 0 Å². The Kier molecular flexibility index (Phi) is 3.60. The van der Waals surface area contributed by atoms with Gasteiger partial charge in [0.15, 0.2) is 0 Å². The lowest BCUT2D eigenvalue weighted by molar-refractivity contribution is 0.00464. The fourth-order valence-corrected chi connectivity index (χ4v) is 3.34. The second-order valence-corrected chi connectivity index (χ2v) is 6.61. The van der Waals surface area contributed by atoms with E-state index < -0.39 is 0 Å². The molecule has 16 heavy (non-hydrogen) atoms. The zero-order chi connectivity index (χ0) is 11.8. The van der Waals surface area contributed by atoms with Gasteiger partial charge in [0.05, 0.1) is 0 Å². The molecule has 2 heterocycles. The zero-order valence-corrected chi connectivity index (χ0v) is 11.5. The number of likely N-dealkylation sites (tertiary alicyclic amines) is 2. The minimum absolute atomic E-state index is 0.361. The Morgan fingerprint density at radius 2 is 1.69 bits per heavy atom. The SMILES string of the molecule is CCN1CCC2CCN(C(C)(C)C)CC2C1. The molecule has 2 atom stereocenters. The highest BCUT2D eigenvalue weighted by molar-refractivity contribution is 4.90. The predicted octanol–water partition coefficient (Wildman–Crippen LogP) is 2.45. The molecule has 0 spiro atoms. The van der Waals surface area contributed by atoms with Crippen LogP contribution in [0.15, 0.2) is 0 Å². The van der Waals surface area contributed by atoms with Crippen LogP contribution in [0.5, 0.6) is 0 Å². The molecule has 94 valence electrons. The Hall–Kier alpha value is -0.0800. The molecule has 0 bridgehead atoms. The van der Waals surface area contributed by atoms with E-state index >= 15 is 0 Å². The first-order valence-corrected chi connectivity index (χ1v) is 6.98. The molecule has 2 aliphatic heterocycles. The van der Waals surface area contributed by atoms with Gasteiger partial charge in [-0.05, 0) is 65.1 Å². The van der Waals surface area contributed by atoms with Gasteiger partial charge in [-0.2, -0.15) is 0 Å². The average Bonchev–Trinajstić information content (AvgIpc) is 2.26. The number of hydrogen-bond acceptors (Lipinski definition) is 2. The fraction of sp³-hybridized carbons (Fsp3) is 1.00. The maximum absolute atomic E-state index is 2.69. The van der Waals surface area contributed by atoms with Gasteiger partial charge in [-0.15, -0.1) is 0 Å². The summed E-state index contributed by atoms with van der Waals surface area (Å²) in [6.45, 7) is 15.9. The van der Waals surface area contributed by atoms with Gasteiger partial charge in [0.1, 0.15) is 0 Å². The molecule has 0 N–H and O–H groups in total. The Morgan fingerprint density at radius 3 is 2.31 bits per heavy atom. The second-order valence-electron chi connectivity index (χ2n) is 6.61. The van der Waals surface area contributed by atoms with Crippen molar-refractivity contribution in [2.75, 3.05) is 32.7 Å². The van der Waals surface area contributed by atoms with E-state index in [4.69, 9.17) is 0 Å². The normalized spacial score (nSPS) is 33.8. The van der Waals surface area contributed by atoms with Crippen molar-refractivity contribution in [3.63, 3.8) is 0 Å². The molecule has 0 aromatic carbocycles. The van der Waals surface area contributed by atoms with E-state index in [0.29, 0.717) is 5.54 Å². The van der Waals surface area contributed by atoms with Crippen LogP contribution >= 0.6 is 0 Å². The topological polar surface area (TPSA) is 6.48 Å². The third kappa shape index (κ3) is 2.60. The molecule has 2 nitrogen and oxygen atoms in total. The van der Waals surface area contributed by atoms with Crippen LogP contribution in [0.4, 0.5) is 0 Å². The third-order valence-electron chi connectivity index (χ3n) is 4.60. The predicted molar refractivity (Wildman–Crippen MR) is 69.7 cm³/mol. The summed E-state index contributed by atoms with van der Waals surface area (Å²) in [7, 11) is 0. The highest BCUT2D eigenvalue weighted by atomic mass is 15.2. The standard InChI is InChI=1S/C14H28N2/c1-5-15-8-6-12-7-9-16(14(2,3)4)11-13(12)10-15/h12-13H,5-11H2,1-4H3. The van der Waals surface area contributed by atoms with Crippen molar-refractivity contribution in [3.05, 3.63) is 0 Å². The summed E-state index contributed by atoms with van der Waals surface area (Å²) < 4.78 is 0. The van der Waals surface area contributed by atoms with E-state index in [2.05, 4.69) is 37.5 Å². The summed E-state index contributed by atoms with van der Waals surface area (Å²) in [6.07, 6.45) is 2.87. The van der Waals surface area contributed by atoms with Crippen LogP contribution in [0.25, 0.3) is 0 Å². The lowest BCUT2D eigenvalue weighted by Crippen LogP contribution is -2.54. The highest BCUT2D eigenvalue weighted by Gasteiger charge is 2.36. The molecule has 0 aliphatic carbocycles. The first kappa shape index (κ1) is 12.4. The number of piperidine rings is 2. The molecule has 2 unspecified atom stereocenters. The van der Waals surface area contributed by atoms with Crippen molar-refractivity contribution < 1.29 is 0 Å². The average molecular weight is 224 g/mol. The van der Waals surface area contributed by atoms with Crippen LogP contribution in [0, 0.1) is 11.8 Å². The van der Waals surface area contributed by atoms with E-state index in [0.717, 1.165) is 11.8 Å². The smallest absolute Gasteiger partial charge is 0.0125 e. The number of nitrogens with zero attached hydrogens (tertiary/aromatic N) is 2. The van der Waals surface area contributed by atoms with E-state index in [1.807, 2.05) is 0 Å². The van der Waals surface area contributed by atoms with E-state index in [1.54, 1.807) is 0 Å². The van der Waals surface area contributed by atoms with Crippen molar-refractivity contribution in [2.24, 2.45) is 11.8 Å². The maximum atomic E-state index is 2.69. The molecule has 0 aromatic rings. The van der Waals surface area contributed by atoms with Gasteiger partial charge in [-0.25, -0.2) is 0 Å². The summed E-state index contributed by atoms with van der Waals surface area (Å²) in [5.41, 5.74) is 0.361. The quantitative estimate of drug-likeness (QED) is 0.675. The molecular formula is C14H28N2. The van der Waals surface area contributed by atoms with E-state index in [9.17, 15) is 0 Å². The number of rotatable bonds is 1. The van der Waals surface area contributed by atoms with Crippen LogP contribution in [0.3, 0.4) is 0 Å². The van der Waals surface area contributed by atoms with Crippen LogP contribution in [-0.2, 0) is 0 Å². The molecule has 0 aromatic heterocycles. The molecule has 2 aliphatic rings. The molecule has 0 saturated carbocycles. The molecular weight excluding hydrogens is 196 g/mol. The Labute approximate surface area is 101 Å². The first-order chi connectivity index (χ1) is 7.50. The largest absolute Gasteiger partial charge is 0.303 e. The lowest BCUT2D eigenvalue weighted by atomic mass is 9.79. The molecule has 2 heteroatoms. The molecule has 0 radical (unpaired) electrons. The Balaban J connectivity index is 1.96. The third-order valence-corrected chi connectivity index (χ3v) is 4.60. The lowest BCUT2D eigenvalue weighted by Gasteiger charge is -2.48. The highest BCUT2D eigenvalue weighted by Crippen LogP contribution is 2.33. The fourth-order valence-electron chi connectivity index (χ4n) is 3.34. The van der Waals surface area contributed by atoms with Crippen molar-refractivity contribution in [2.45, 2.75) is 46.1 Å². The Bertz CT molecular complexity index is 231. The van der Waals surface area contributed by atoms with Crippen LogP contribution in [-0.4, -0.2) is 48.1 Å². The second kappa shape index (κ2) is 4.66. The van der Waals surface area contributed by atoms with Crippen molar-refractivity contribution in [3.8, 4) is 0 Å². The van der Waals surface area contributed by atoms with Crippen LogP contribution in [0.2, 0.25) is 0 Å². The minimum atomic E-state index is 0.361. The number of fused-ring (bicyclic) bond motifs is 1. The summed E-state index contributed by atoms with van der Waals surface area (Å²) in [6, 6.07) is 0. The van der Waals surface area contributed by atoms with E-state index in [1.165, 1.54) is 45.6 Å². The number of hydrogen-bond donors (Lipinski definition) is 0. The molecule has 0 amide bonds. The Morgan fingerprint density at radius 1 is 1.00 bits per heavy atom. The summed E-state index contributed by atoms with van der Waals surface area (Å²) in [4.78, 5) is 5.32. The van der Waals surface area contributed by atoms with Crippen molar-refractivity contribution in [1.82, 2.24) is 9.80 Å². The summed E-state index contributed by atoms with van der Waals surface area (Å²) in [5, 5.41) is 0. The van der Waals surface area contributed by atoms with Gasteiger partial charge in [0, 0.05) is 18.6 Å². The zero-order valence-electron chi connectivity index (χ0n) is 11.5. The summed E-state index contributed by atoms with van der Waals surface area (Å²) >= 11 is 0. The van der Waals surface area contributed by atoms with Crippen LogP contribution in [0.1, 0.15) is 40.5 Å². The van der Waals surface area contributed by atoms with Gasteiger partial charge in [-0.1, -0.05) is 6.92 Å². The molecule has 2 fully saturated rings. The maximum Gasteiger partial charge on any atom is 0.0125 e. The van der Waals surface area contributed by atoms with Gasteiger partial charge in [0.25, 0.3) is 0 Å². The monoisotopic (exact) mass is 224 g/mol. The molecule has 2 rings (SSSR count). The van der Waals surface area contributed by atoms with Crippen LogP contribution < -0.4 is 0 Å². The van der Waals surface area contributed by atoms with Crippen molar-refractivity contribution in [1.29, 1.82) is 0 Å². The molecule has 2 saturated heterocycles. The first-order valence-electron chi connectivity index (χ1n) is 6.98. The van der Waals surface area contributed by atoms with E-state index in [-0.39, 0.29) is 0 Å². The minimum Gasteiger partial charge on any atom is -0.303 e. The van der Waals surface area contributed by atoms with Gasteiger partial charge in [-0.3, -0.25) is 4.90 Å².